The van der Waals surface area contributed by atoms with Crippen molar-refractivity contribution >= 4 is 39.0 Å². The van der Waals surface area contributed by atoms with Gasteiger partial charge in [0.1, 0.15) is 5.58 Å². The van der Waals surface area contributed by atoms with E-state index in [9.17, 15) is 0 Å². The van der Waals surface area contributed by atoms with Gasteiger partial charge in [0.25, 0.3) is 0 Å². The maximum absolute atomic E-state index is 6.77. The highest BCUT2D eigenvalue weighted by Crippen LogP contribution is 2.54. The molecule has 252 valence electrons. The Morgan fingerprint density at radius 3 is 1.81 bits per heavy atom. The molecule has 1 heterocycles. The zero-order chi connectivity index (χ0) is 35.5. The van der Waals surface area contributed by atoms with Crippen LogP contribution in [0.1, 0.15) is 25.0 Å². The first-order valence-electron chi connectivity index (χ1n) is 18.4. The van der Waals surface area contributed by atoms with Gasteiger partial charge in [0.2, 0.25) is 0 Å². The van der Waals surface area contributed by atoms with Crippen LogP contribution in [-0.2, 0) is 5.41 Å². The lowest BCUT2D eigenvalue weighted by atomic mass is 9.82. The van der Waals surface area contributed by atoms with Crippen molar-refractivity contribution in [1.82, 2.24) is 0 Å². The van der Waals surface area contributed by atoms with Gasteiger partial charge in [0, 0.05) is 27.4 Å². The molecule has 8 aromatic carbocycles. The van der Waals surface area contributed by atoms with Crippen LogP contribution in [0.3, 0.4) is 0 Å². The molecule has 1 aliphatic rings. The summed E-state index contributed by atoms with van der Waals surface area (Å²) in [6.45, 7) is 4.70. The maximum Gasteiger partial charge on any atom is 0.159 e. The Hall–Kier alpha value is -6.64. The van der Waals surface area contributed by atoms with E-state index in [2.05, 4.69) is 201 Å². The molecule has 0 bridgehead atoms. The van der Waals surface area contributed by atoms with E-state index in [0.29, 0.717) is 0 Å². The van der Waals surface area contributed by atoms with Crippen molar-refractivity contribution in [2.75, 3.05) is 4.90 Å². The van der Waals surface area contributed by atoms with Crippen LogP contribution < -0.4 is 4.90 Å². The second-order valence-corrected chi connectivity index (χ2v) is 14.5. The molecule has 1 aliphatic carbocycles. The molecule has 9 aromatic rings. The maximum atomic E-state index is 6.77. The molecule has 53 heavy (non-hydrogen) atoms. The number of benzene rings is 8. The summed E-state index contributed by atoms with van der Waals surface area (Å²) in [6, 6.07) is 67.8. The van der Waals surface area contributed by atoms with Gasteiger partial charge in [-0.2, -0.15) is 0 Å². The fourth-order valence-corrected chi connectivity index (χ4v) is 8.59. The van der Waals surface area contributed by atoms with E-state index in [1.54, 1.807) is 0 Å². The molecule has 0 fully saturated rings. The quantitative estimate of drug-likeness (QED) is 0.174. The highest BCUT2D eigenvalue weighted by molar-refractivity contribution is 6.11. The first-order chi connectivity index (χ1) is 26.1. The number of para-hydroxylation sites is 3. The molecule has 0 saturated carbocycles. The van der Waals surface area contributed by atoms with E-state index >= 15 is 0 Å². The Bertz CT molecular complexity index is 2810. The Morgan fingerprint density at radius 1 is 0.415 bits per heavy atom. The minimum absolute atomic E-state index is 0.103. The molecule has 10 rings (SSSR count). The topological polar surface area (TPSA) is 16.4 Å². The van der Waals surface area contributed by atoms with Gasteiger partial charge in [0.15, 0.2) is 5.58 Å². The molecule has 0 N–H and O–H groups in total. The lowest BCUT2D eigenvalue weighted by Crippen LogP contribution is -2.15. The number of rotatable bonds is 6. The Morgan fingerprint density at radius 2 is 1.00 bits per heavy atom. The molecule has 0 amide bonds. The summed E-state index contributed by atoms with van der Waals surface area (Å²) in [4.78, 5) is 2.41. The average molecular weight is 680 g/mol. The van der Waals surface area contributed by atoms with E-state index in [0.717, 1.165) is 39.0 Å². The van der Waals surface area contributed by atoms with Crippen LogP contribution >= 0.6 is 0 Å². The second kappa shape index (κ2) is 12.3. The predicted octanol–water partition coefficient (Wildman–Crippen LogP) is 14.4. The molecular formula is C51H37NO. The minimum Gasteiger partial charge on any atom is -0.454 e. The summed E-state index contributed by atoms with van der Waals surface area (Å²) in [5.74, 6) is 0. The molecule has 2 heteroatoms. The van der Waals surface area contributed by atoms with Crippen molar-refractivity contribution in [3.05, 3.63) is 199 Å². The van der Waals surface area contributed by atoms with Crippen LogP contribution in [-0.4, -0.2) is 0 Å². The summed E-state index contributed by atoms with van der Waals surface area (Å²) < 4.78 is 6.77. The third-order valence-corrected chi connectivity index (χ3v) is 11.1. The van der Waals surface area contributed by atoms with Crippen molar-refractivity contribution in [3.8, 4) is 44.5 Å². The van der Waals surface area contributed by atoms with Crippen LogP contribution in [0.5, 0.6) is 0 Å². The van der Waals surface area contributed by atoms with E-state index in [-0.39, 0.29) is 5.41 Å². The highest BCUT2D eigenvalue weighted by atomic mass is 16.3. The Kier molecular flexibility index (Phi) is 7.19. The standard InChI is InChI=1S/C51H37NO/c1-51(2)44-26-12-9-23-42(44)49-40(24-15-27-45(49)51)38-21-10-13-28-46(38)52(47-29-16-25-41-39-22-11-14-30-48(39)53-50(41)47)36-31-32-37(34-17-5-3-6-18-34)43(33-36)35-19-7-4-8-20-35/h3-33H,1-2H3. The van der Waals surface area contributed by atoms with Crippen molar-refractivity contribution in [2.45, 2.75) is 19.3 Å². The van der Waals surface area contributed by atoms with Crippen molar-refractivity contribution < 1.29 is 4.42 Å². The van der Waals surface area contributed by atoms with Crippen molar-refractivity contribution in [2.24, 2.45) is 0 Å². The van der Waals surface area contributed by atoms with E-state index in [1.165, 1.54) is 55.6 Å². The third kappa shape index (κ3) is 4.94. The molecule has 0 unspecified atom stereocenters. The van der Waals surface area contributed by atoms with Crippen LogP contribution in [0.4, 0.5) is 17.1 Å². The third-order valence-electron chi connectivity index (χ3n) is 11.1. The van der Waals surface area contributed by atoms with Crippen molar-refractivity contribution in [3.63, 3.8) is 0 Å². The first-order valence-corrected chi connectivity index (χ1v) is 18.4. The first kappa shape index (κ1) is 31.1. The van der Waals surface area contributed by atoms with E-state index in [1.807, 2.05) is 6.07 Å². The summed E-state index contributed by atoms with van der Waals surface area (Å²) in [5.41, 5.74) is 17.2. The van der Waals surface area contributed by atoms with Crippen LogP contribution in [0, 0.1) is 0 Å². The van der Waals surface area contributed by atoms with Crippen molar-refractivity contribution in [1.29, 1.82) is 0 Å². The summed E-state index contributed by atoms with van der Waals surface area (Å²) >= 11 is 0. The van der Waals surface area contributed by atoms with Gasteiger partial charge in [-0.3, -0.25) is 0 Å². The molecule has 0 aliphatic heterocycles. The summed E-state index contributed by atoms with van der Waals surface area (Å²) in [7, 11) is 0. The Labute approximate surface area is 310 Å². The Balaban J connectivity index is 1.27. The molecule has 0 spiro atoms. The minimum atomic E-state index is -0.103. The zero-order valence-electron chi connectivity index (χ0n) is 29.8. The van der Waals surface area contributed by atoms with Crippen LogP contribution in [0.2, 0.25) is 0 Å². The van der Waals surface area contributed by atoms with Gasteiger partial charge in [0.05, 0.1) is 11.4 Å². The lowest BCUT2D eigenvalue weighted by molar-refractivity contribution is 0.660. The highest BCUT2D eigenvalue weighted by Gasteiger charge is 2.37. The number of hydrogen-bond acceptors (Lipinski definition) is 2. The number of nitrogens with zero attached hydrogens (tertiary/aromatic N) is 1. The average Bonchev–Trinajstić information content (AvgIpc) is 3.72. The number of anilines is 3. The number of furan rings is 1. The SMILES string of the molecule is CC1(C)c2ccccc2-c2c(-c3ccccc3N(c3ccc(-c4ccccc4)c(-c4ccccc4)c3)c3cccc4c3oc3ccccc34)cccc21. The van der Waals surface area contributed by atoms with Crippen LogP contribution in [0.15, 0.2) is 192 Å². The van der Waals surface area contributed by atoms with Gasteiger partial charge in [-0.15, -0.1) is 0 Å². The normalized spacial score (nSPS) is 12.9. The van der Waals surface area contributed by atoms with Gasteiger partial charge in [-0.25, -0.2) is 0 Å². The molecule has 2 nitrogen and oxygen atoms in total. The molecule has 0 saturated heterocycles. The second-order valence-electron chi connectivity index (χ2n) is 14.5. The van der Waals surface area contributed by atoms with Gasteiger partial charge in [-0.1, -0.05) is 172 Å². The zero-order valence-corrected chi connectivity index (χ0v) is 29.8. The van der Waals surface area contributed by atoms with E-state index < -0.39 is 0 Å². The van der Waals surface area contributed by atoms with Gasteiger partial charge < -0.3 is 9.32 Å². The van der Waals surface area contributed by atoms with E-state index in [4.69, 9.17) is 4.42 Å². The fraction of sp³-hybridized carbons (Fsp3) is 0.0588. The smallest absolute Gasteiger partial charge is 0.159 e. The monoisotopic (exact) mass is 679 g/mol. The molecule has 0 radical (unpaired) electrons. The molecular weight excluding hydrogens is 643 g/mol. The largest absolute Gasteiger partial charge is 0.454 e. The number of fused-ring (bicyclic) bond motifs is 6. The summed E-state index contributed by atoms with van der Waals surface area (Å²) in [6.07, 6.45) is 0. The van der Waals surface area contributed by atoms with Gasteiger partial charge in [-0.05, 0) is 80.4 Å². The predicted molar refractivity (Wildman–Crippen MR) is 222 cm³/mol. The fourth-order valence-electron chi connectivity index (χ4n) is 8.59. The lowest BCUT2D eigenvalue weighted by Gasteiger charge is -2.29. The summed E-state index contributed by atoms with van der Waals surface area (Å²) in [5, 5.41) is 2.21. The number of hydrogen-bond donors (Lipinski definition) is 0. The molecule has 0 atom stereocenters. The van der Waals surface area contributed by atoms with Gasteiger partial charge >= 0.3 is 0 Å². The van der Waals surface area contributed by atoms with Crippen LogP contribution in [0.25, 0.3) is 66.4 Å². The molecule has 1 aromatic heterocycles.